The lowest BCUT2D eigenvalue weighted by Gasteiger charge is -2.38. The van der Waals surface area contributed by atoms with Crippen molar-refractivity contribution in [1.29, 1.82) is 0 Å². The number of fused-ring (bicyclic) bond motifs is 8. The first-order valence-corrected chi connectivity index (χ1v) is 27.2. The van der Waals surface area contributed by atoms with Crippen molar-refractivity contribution in [1.82, 2.24) is 0 Å². The molecule has 12 rings (SSSR count). The number of amides is 1. The van der Waals surface area contributed by atoms with E-state index in [9.17, 15) is 4.79 Å². The third-order valence-corrected chi connectivity index (χ3v) is 16.9. The number of carbonyl (C=O) groups is 1. The summed E-state index contributed by atoms with van der Waals surface area (Å²) in [7, 11) is 0. The van der Waals surface area contributed by atoms with E-state index in [1.165, 1.54) is 63.0 Å². The van der Waals surface area contributed by atoms with Gasteiger partial charge in [-0.25, -0.2) is 8.78 Å². The molecule has 1 saturated heterocycles. The maximum Gasteiger partial charge on any atom is 0.255 e. The van der Waals surface area contributed by atoms with Crippen molar-refractivity contribution in [2.45, 2.75) is 89.1 Å². The molecule has 1 saturated carbocycles. The summed E-state index contributed by atoms with van der Waals surface area (Å²) in [6.45, 7) is 9.39. The number of hydrogen-bond acceptors (Lipinski definition) is 4. The molecule has 0 spiro atoms. The van der Waals surface area contributed by atoms with Crippen molar-refractivity contribution in [3.8, 4) is 39.1 Å². The summed E-state index contributed by atoms with van der Waals surface area (Å²) in [6.07, 6.45) is 14.9. The molecule has 2 aliphatic heterocycles. The fourth-order valence-corrected chi connectivity index (χ4v) is 12.9. The van der Waals surface area contributed by atoms with Gasteiger partial charge in [0, 0.05) is 69.1 Å². The van der Waals surface area contributed by atoms with E-state index < -0.39 is 22.7 Å². The molecule has 0 bridgehead atoms. The number of nitrogens with zero attached hydrogens (tertiary/aromatic N) is 1. The minimum atomic E-state index is -0.995. The van der Waals surface area contributed by atoms with Gasteiger partial charge in [-0.15, -0.1) is 0 Å². The molecular weight excluding hydrogens is 931 g/mol. The molecule has 1 atom stereocenters. The second-order valence-electron chi connectivity index (χ2n) is 21.8. The van der Waals surface area contributed by atoms with Gasteiger partial charge in [-0.05, 0) is 148 Å². The third kappa shape index (κ3) is 9.03. The van der Waals surface area contributed by atoms with Gasteiger partial charge in [0.2, 0.25) is 0 Å². The largest absolute Gasteiger partial charge is 0.472 e. The maximum atomic E-state index is 16.2. The Bertz CT molecular complexity index is 3430. The smallest absolute Gasteiger partial charge is 0.255 e. The molecule has 2 aliphatic carbocycles. The van der Waals surface area contributed by atoms with Crippen LogP contribution in [0.3, 0.4) is 0 Å². The van der Waals surface area contributed by atoms with Crippen LogP contribution in [0.15, 0.2) is 164 Å². The van der Waals surface area contributed by atoms with Crippen LogP contribution in [0.25, 0.3) is 50.2 Å². The fourth-order valence-electron chi connectivity index (χ4n) is 12.9. The normalized spacial score (nSPS) is 19.5. The standard InChI is InChI=1S/C68H64F2N2O3/c1-4-5-7-10-44-13-15-45(16-14-44)46-17-19-47(20-18-46)48-21-23-50(24-22-48)66(73)71-55-30-25-49(26-31-55)51-27-34-57-59(41-51)62-60-42-54(69)43-61(70)63(60)67(2,3)64(62)58-35-36-68(75-65(57)58,52-11-8-6-9-12-52)53-28-32-56(33-29-53)72-37-39-74-40-38-72/h6,8-9,11-12,17-36,41-45H,4-5,7,10,13-16,37-40H2,1-3H3,(H,71,73). The molecule has 0 radical (unpaired) electrons. The van der Waals surface area contributed by atoms with Crippen LogP contribution in [-0.4, -0.2) is 32.2 Å². The van der Waals surface area contributed by atoms with Gasteiger partial charge in [0.25, 0.3) is 5.91 Å². The van der Waals surface area contributed by atoms with Crippen LogP contribution in [0, 0.1) is 17.6 Å². The highest BCUT2D eigenvalue weighted by Gasteiger charge is 2.46. The highest BCUT2D eigenvalue weighted by molar-refractivity contribution is 6.10. The number of anilines is 2. The van der Waals surface area contributed by atoms with Gasteiger partial charge in [-0.2, -0.15) is 0 Å². The molecule has 4 aliphatic rings. The number of unbranched alkanes of at least 4 members (excludes halogenated alkanes) is 2. The molecule has 5 nitrogen and oxygen atoms in total. The van der Waals surface area contributed by atoms with E-state index in [1.807, 2.05) is 80.6 Å². The van der Waals surface area contributed by atoms with Crippen LogP contribution in [0.5, 0.6) is 5.75 Å². The Balaban J connectivity index is 0.827. The number of halogens is 2. The average molecular weight is 995 g/mol. The Morgan fingerprint density at radius 1 is 0.680 bits per heavy atom. The second-order valence-corrected chi connectivity index (χ2v) is 21.8. The lowest BCUT2D eigenvalue weighted by Crippen LogP contribution is -2.37. The Morgan fingerprint density at radius 3 is 2.04 bits per heavy atom. The SMILES string of the molecule is CCCCCC1CCC(c2ccc(-c3ccc(C(=O)Nc4ccc(-c5ccc6c7c(c8c(c6c5)-c5cc(F)cc(F)c5C8(C)C)C=CC(c5ccccc5)(c5ccc(N6CCOCC6)cc5)O7)cc4)cc3)cc2)CC1. The van der Waals surface area contributed by atoms with E-state index in [-0.39, 0.29) is 5.91 Å². The van der Waals surface area contributed by atoms with Crippen molar-refractivity contribution in [2.24, 2.45) is 5.92 Å². The predicted octanol–water partition coefficient (Wildman–Crippen LogP) is 17.1. The monoisotopic (exact) mass is 994 g/mol. The van der Waals surface area contributed by atoms with Crippen LogP contribution >= 0.6 is 0 Å². The molecule has 2 fully saturated rings. The molecular formula is C68H64F2N2O3. The van der Waals surface area contributed by atoms with E-state index in [0.29, 0.717) is 47.3 Å². The summed E-state index contributed by atoms with van der Waals surface area (Å²) in [5.74, 6) is 0.864. The molecule has 2 heterocycles. The molecule has 0 aromatic heterocycles. The Kier molecular flexibility index (Phi) is 13.0. The number of morpholine rings is 1. The summed E-state index contributed by atoms with van der Waals surface area (Å²) < 4.78 is 44.8. The van der Waals surface area contributed by atoms with Crippen LogP contribution in [0.2, 0.25) is 0 Å². The summed E-state index contributed by atoms with van der Waals surface area (Å²) in [5, 5.41) is 4.78. The number of benzene rings is 8. The highest BCUT2D eigenvalue weighted by atomic mass is 19.1. The number of rotatable bonds is 12. The lowest BCUT2D eigenvalue weighted by molar-refractivity contribution is 0.102. The van der Waals surface area contributed by atoms with Gasteiger partial charge in [0.15, 0.2) is 5.60 Å². The van der Waals surface area contributed by atoms with Crippen molar-refractivity contribution >= 4 is 34.1 Å². The van der Waals surface area contributed by atoms with Gasteiger partial charge >= 0.3 is 0 Å². The molecule has 7 heteroatoms. The quantitative estimate of drug-likeness (QED) is 0.124. The van der Waals surface area contributed by atoms with E-state index in [2.05, 4.69) is 108 Å². The second kappa shape index (κ2) is 20.1. The van der Waals surface area contributed by atoms with Crippen LogP contribution in [-0.2, 0) is 15.8 Å². The van der Waals surface area contributed by atoms with Gasteiger partial charge in [0.05, 0.1) is 13.2 Å². The number of ether oxygens (including phenoxy) is 2. The summed E-state index contributed by atoms with van der Waals surface area (Å²) in [5.41, 5.74) is 11.6. The molecule has 75 heavy (non-hydrogen) atoms. The number of nitrogens with one attached hydrogen (secondary N) is 1. The molecule has 1 amide bonds. The first kappa shape index (κ1) is 48.6. The van der Waals surface area contributed by atoms with Crippen molar-refractivity contribution in [3.05, 3.63) is 214 Å². The molecule has 378 valence electrons. The van der Waals surface area contributed by atoms with Crippen LogP contribution in [0.1, 0.15) is 122 Å². The topological polar surface area (TPSA) is 50.8 Å². The molecule has 8 aromatic carbocycles. The van der Waals surface area contributed by atoms with Crippen LogP contribution < -0.4 is 15.0 Å². The molecule has 8 aromatic rings. The highest BCUT2D eigenvalue weighted by Crippen LogP contribution is 2.59. The van der Waals surface area contributed by atoms with E-state index in [0.717, 1.165) is 91.6 Å². The zero-order valence-electron chi connectivity index (χ0n) is 43.2. The lowest BCUT2D eigenvalue weighted by atomic mass is 9.76. The number of carbonyl (C=O) groups excluding carboxylic acids is 1. The van der Waals surface area contributed by atoms with Crippen molar-refractivity contribution in [2.75, 3.05) is 36.5 Å². The van der Waals surface area contributed by atoms with Gasteiger partial charge in [-0.3, -0.25) is 4.79 Å². The van der Waals surface area contributed by atoms with Crippen molar-refractivity contribution < 1.29 is 23.0 Å². The van der Waals surface area contributed by atoms with E-state index in [4.69, 9.17) is 9.47 Å². The molecule has 1 N–H and O–H groups in total. The van der Waals surface area contributed by atoms with Crippen LogP contribution in [0.4, 0.5) is 20.2 Å². The third-order valence-electron chi connectivity index (χ3n) is 16.9. The minimum Gasteiger partial charge on any atom is -0.472 e. The van der Waals surface area contributed by atoms with Gasteiger partial charge in [0.1, 0.15) is 17.4 Å². The zero-order chi connectivity index (χ0) is 51.3. The summed E-state index contributed by atoms with van der Waals surface area (Å²) in [4.78, 5) is 16.0. The Labute approximate surface area is 440 Å². The van der Waals surface area contributed by atoms with Gasteiger partial charge in [-0.1, -0.05) is 150 Å². The van der Waals surface area contributed by atoms with E-state index >= 15 is 8.78 Å². The first-order chi connectivity index (χ1) is 36.6. The summed E-state index contributed by atoms with van der Waals surface area (Å²) >= 11 is 0. The Hall–Kier alpha value is -7.35. The summed E-state index contributed by atoms with van der Waals surface area (Å²) in [6, 6.07) is 52.4. The Morgan fingerprint density at radius 2 is 1.33 bits per heavy atom. The molecule has 1 unspecified atom stereocenters. The fraction of sp³-hybridized carbons (Fsp3) is 0.279. The predicted molar refractivity (Wildman–Crippen MR) is 302 cm³/mol. The first-order valence-electron chi connectivity index (χ1n) is 27.2. The maximum absolute atomic E-state index is 16.2. The van der Waals surface area contributed by atoms with Gasteiger partial charge < -0.3 is 19.7 Å². The minimum absolute atomic E-state index is 0.185. The zero-order valence-corrected chi connectivity index (χ0v) is 43.2. The van der Waals surface area contributed by atoms with E-state index in [1.54, 1.807) is 0 Å². The number of hydrogen-bond donors (Lipinski definition) is 1. The average Bonchev–Trinajstić information content (AvgIpc) is 3.75. The van der Waals surface area contributed by atoms with Crippen molar-refractivity contribution in [3.63, 3.8) is 0 Å².